The maximum absolute atomic E-state index is 13.0. The largest absolute Gasteiger partial charge is 0.483 e. The number of urea groups is 1. The highest BCUT2D eigenvalue weighted by molar-refractivity contribution is 5.78. The molecule has 7 nitrogen and oxygen atoms in total. The first kappa shape index (κ1) is 23.8. The Morgan fingerprint density at radius 1 is 1.00 bits per heavy atom. The van der Waals surface area contributed by atoms with Crippen molar-refractivity contribution in [3.8, 4) is 0 Å². The van der Waals surface area contributed by atoms with Crippen molar-refractivity contribution >= 4 is 18.4 Å². The van der Waals surface area contributed by atoms with E-state index in [4.69, 9.17) is 9.90 Å². The second-order valence-corrected chi connectivity index (χ2v) is 9.43. The highest BCUT2D eigenvalue weighted by atomic mass is 16.3. The van der Waals surface area contributed by atoms with E-state index in [1.165, 1.54) is 5.56 Å². The van der Waals surface area contributed by atoms with Crippen LogP contribution in [0.1, 0.15) is 36.8 Å². The second-order valence-electron chi connectivity index (χ2n) is 9.43. The minimum atomic E-state index is -0.250. The van der Waals surface area contributed by atoms with E-state index in [2.05, 4.69) is 34.5 Å². The van der Waals surface area contributed by atoms with Gasteiger partial charge in [-0.2, -0.15) is 0 Å². The van der Waals surface area contributed by atoms with E-state index in [9.17, 15) is 9.59 Å². The molecule has 3 saturated heterocycles. The Kier molecular flexibility index (Phi) is 7.83. The quantitative estimate of drug-likeness (QED) is 0.679. The van der Waals surface area contributed by atoms with Crippen LogP contribution in [0.2, 0.25) is 0 Å². The van der Waals surface area contributed by atoms with Crippen molar-refractivity contribution in [2.45, 2.75) is 50.7 Å². The molecule has 3 aliphatic heterocycles. The highest BCUT2D eigenvalue weighted by Crippen LogP contribution is 2.42. The predicted octanol–water partition coefficient (Wildman–Crippen LogP) is 3.54. The van der Waals surface area contributed by atoms with Crippen LogP contribution >= 0.6 is 0 Å². The number of piperidine rings is 3. The van der Waals surface area contributed by atoms with Gasteiger partial charge in [0.15, 0.2) is 0 Å². The van der Waals surface area contributed by atoms with Crippen molar-refractivity contribution in [1.82, 2.24) is 15.1 Å². The maximum atomic E-state index is 13.0. The van der Waals surface area contributed by atoms with Gasteiger partial charge >= 0.3 is 6.03 Å². The third-order valence-electron chi connectivity index (χ3n) is 7.36. The Morgan fingerprint density at radius 3 is 2.29 bits per heavy atom. The van der Waals surface area contributed by atoms with Gasteiger partial charge < -0.3 is 20.2 Å². The molecule has 34 heavy (non-hydrogen) atoms. The summed E-state index contributed by atoms with van der Waals surface area (Å²) in [5, 5.41) is 10.00. The minimum absolute atomic E-state index is 0.0209. The first-order valence-corrected chi connectivity index (χ1v) is 12.1. The van der Waals surface area contributed by atoms with Crippen LogP contribution in [0.3, 0.4) is 0 Å². The van der Waals surface area contributed by atoms with E-state index >= 15 is 0 Å². The summed E-state index contributed by atoms with van der Waals surface area (Å²) in [5.74, 6) is 1.03. The maximum Gasteiger partial charge on any atom is 0.317 e. The molecule has 2 N–H and O–H groups in total. The lowest BCUT2D eigenvalue weighted by atomic mass is 9.71. The summed E-state index contributed by atoms with van der Waals surface area (Å²) < 4.78 is 0. The van der Waals surface area contributed by atoms with Crippen molar-refractivity contribution < 1.29 is 19.5 Å². The fourth-order valence-corrected chi connectivity index (χ4v) is 5.94. The number of carboxylic acid groups (broad SMARTS) is 1. The van der Waals surface area contributed by atoms with Gasteiger partial charge in [0.2, 0.25) is 5.91 Å². The van der Waals surface area contributed by atoms with Gasteiger partial charge in [-0.3, -0.25) is 9.59 Å². The van der Waals surface area contributed by atoms with Gasteiger partial charge in [0.25, 0.3) is 6.47 Å². The van der Waals surface area contributed by atoms with Crippen molar-refractivity contribution in [2.24, 2.45) is 11.8 Å². The monoisotopic (exact) mass is 463 g/mol. The Balaban J connectivity index is 0.000000868. The van der Waals surface area contributed by atoms with Crippen LogP contribution in [-0.4, -0.2) is 58.5 Å². The average molecular weight is 464 g/mol. The Labute approximate surface area is 200 Å². The van der Waals surface area contributed by atoms with Crippen LogP contribution in [-0.2, 0) is 22.6 Å². The Morgan fingerprint density at radius 2 is 1.62 bits per heavy atom. The molecule has 0 saturated carbocycles. The highest BCUT2D eigenvalue weighted by Gasteiger charge is 2.49. The predicted molar refractivity (Wildman–Crippen MR) is 129 cm³/mol. The van der Waals surface area contributed by atoms with Crippen LogP contribution in [0, 0.1) is 11.8 Å². The number of fused-ring (bicyclic) bond motifs is 4. The average Bonchev–Trinajstić information content (AvgIpc) is 2.87. The standard InChI is InChI=1S/C26H31N3O2.CH2O2/c30-25-13-7-12-23-21-15-22(24(29(23)25)14-19-8-3-1-4-9-19)18-28(17-21)26(31)27-16-20-10-5-2-6-11-20;2-1-3/h1-6,8-11,21-24H,7,12-18H2,(H,27,31);1H,(H,2,3)/t21-,22+,23+,24+;/m1./s1. The number of benzene rings is 2. The molecule has 180 valence electrons. The van der Waals surface area contributed by atoms with E-state index in [1.807, 2.05) is 41.3 Å². The van der Waals surface area contributed by atoms with Gasteiger partial charge in [-0.15, -0.1) is 0 Å². The molecule has 3 amide bonds. The number of nitrogens with zero attached hydrogens (tertiary/aromatic N) is 2. The normalized spacial score (nSPS) is 25.5. The molecule has 5 rings (SSSR count). The molecule has 2 aromatic carbocycles. The van der Waals surface area contributed by atoms with E-state index in [1.54, 1.807) is 0 Å². The topological polar surface area (TPSA) is 90.0 Å². The molecule has 4 atom stereocenters. The third kappa shape index (κ3) is 5.41. The number of hydrogen-bond acceptors (Lipinski definition) is 3. The summed E-state index contributed by atoms with van der Waals surface area (Å²) in [6, 6.07) is 21.0. The number of carbonyl (C=O) groups is 3. The van der Waals surface area contributed by atoms with Crippen LogP contribution in [0.5, 0.6) is 0 Å². The first-order valence-electron chi connectivity index (χ1n) is 12.1. The summed E-state index contributed by atoms with van der Waals surface area (Å²) in [5.41, 5.74) is 2.38. The van der Waals surface area contributed by atoms with Gasteiger partial charge in [-0.1, -0.05) is 60.7 Å². The Hall–Kier alpha value is -3.35. The molecule has 2 aromatic rings. The van der Waals surface area contributed by atoms with Crippen molar-refractivity contribution in [3.63, 3.8) is 0 Å². The molecule has 0 aromatic heterocycles. The minimum Gasteiger partial charge on any atom is -0.483 e. The zero-order chi connectivity index (χ0) is 23.9. The molecular formula is C27H33N3O4. The number of rotatable bonds is 4. The summed E-state index contributed by atoms with van der Waals surface area (Å²) >= 11 is 0. The summed E-state index contributed by atoms with van der Waals surface area (Å²) in [7, 11) is 0. The van der Waals surface area contributed by atoms with Crippen LogP contribution in [0.15, 0.2) is 60.7 Å². The van der Waals surface area contributed by atoms with Crippen LogP contribution in [0.4, 0.5) is 4.79 Å². The van der Waals surface area contributed by atoms with Crippen molar-refractivity contribution in [3.05, 3.63) is 71.8 Å². The summed E-state index contributed by atoms with van der Waals surface area (Å²) in [6.07, 6.45) is 4.70. The van der Waals surface area contributed by atoms with Crippen LogP contribution in [0.25, 0.3) is 0 Å². The number of carbonyl (C=O) groups excluding carboxylic acids is 2. The number of hydrogen-bond donors (Lipinski definition) is 2. The van der Waals surface area contributed by atoms with E-state index in [0.717, 1.165) is 44.3 Å². The van der Waals surface area contributed by atoms with Gasteiger partial charge in [-0.05, 0) is 48.6 Å². The lowest BCUT2D eigenvalue weighted by Crippen LogP contribution is -2.66. The van der Waals surface area contributed by atoms with E-state index < -0.39 is 0 Å². The number of likely N-dealkylation sites (tertiary alicyclic amines) is 1. The molecule has 3 aliphatic rings. The van der Waals surface area contributed by atoms with Gasteiger partial charge in [-0.25, -0.2) is 4.79 Å². The molecule has 0 radical (unpaired) electrons. The molecule has 0 unspecified atom stereocenters. The summed E-state index contributed by atoms with van der Waals surface area (Å²) in [4.78, 5) is 38.6. The molecule has 0 spiro atoms. The smallest absolute Gasteiger partial charge is 0.317 e. The lowest BCUT2D eigenvalue weighted by molar-refractivity contribution is -0.151. The fraction of sp³-hybridized carbons (Fsp3) is 0.444. The zero-order valence-corrected chi connectivity index (χ0v) is 19.4. The van der Waals surface area contributed by atoms with Crippen molar-refractivity contribution in [2.75, 3.05) is 13.1 Å². The van der Waals surface area contributed by atoms with E-state index in [-0.39, 0.29) is 24.6 Å². The molecular weight excluding hydrogens is 430 g/mol. The molecule has 7 heteroatoms. The van der Waals surface area contributed by atoms with E-state index in [0.29, 0.717) is 30.7 Å². The first-order chi connectivity index (χ1) is 16.6. The Bertz CT molecular complexity index is 968. The zero-order valence-electron chi connectivity index (χ0n) is 19.4. The second kappa shape index (κ2) is 11.2. The van der Waals surface area contributed by atoms with Gasteiger partial charge in [0.05, 0.1) is 0 Å². The number of nitrogens with one attached hydrogen (secondary N) is 1. The SMILES string of the molecule is O=C(NCc1ccccc1)N1C[C@H]2C[C@@H](C1)[C@H](Cc1ccccc1)N1C(=O)CCC[C@@H]21.O=CO. The van der Waals surface area contributed by atoms with Gasteiger partial charge in [0.1, 0.15) is 0 Å². The molecule has 0 aliphatic carbocycles. The van der Waals surface area contributed by atoms with Gasteiger partial charge in [0, 0.05) is 38.1 Å². The molecule has 3 heterocycles. The molecule has 3 fully saturated rings. The molecule has 2 bridgehead atoms. The lowest BCUT2D eigenvalue weighted by Gasteiger charge is -2.56. The fourth-order valence-electron chi connectivity index (χ4n) is 5.94. The summed E-state index contributed by atoms with van der Waals surface area (Å²) in [6.45, 7) is 1.78. The van der Waals surface area contributed by atoms with Crippen LogP contribution < -0.4 is 5.32 Å². The number of amides is 3. The van der Waals surface area contributed by atoms with Crippen molar-refractivity contribution in [1.29, 1.82) is 0 Å². The third-order valence-corrected chi connectivity index (χ3v) is 7.36.